The molecule has 0 atom stereocenters. The molecule has 0 saturated heterocycles. The average Bonchev–Trinajstić information content (AvgIpc) is 2.75. The SMILES string of the molecule is Cc1occc1CN(C)C(=O)c1ccc(=O)[nH]n1. The summed E-state index contributed by atoms with van der Waals surface area (Å²) in [6.45, 7) is 2.27. The van der Waals surface area contributed by atoms with E-state index in [0.29, 0.717) is 6.54 Å². The summed E-state index contributed by atoms with van der Waals surface area (Å²) in [5, 5.41) is 5.93. The van der Waals surface area contributed by atoms with Crippen LogP contribution in [0.1, 0.15) is 21.8 Å². The summed E-state index contributed by atoms with van der Waals surface area (Å²) < 4.78 is 5.17. The molecule has 2 aromatic rings. The molecule has 2 rings (SSSR count). The summed E-state index contributed by atoms with van der Waals surface area (Å²) in [6.07, 6.45) is 1.58. The van der Waals surface area contributed by atoms with Crippen LogP contribution in [-0.4, -0.2) is 28.1 Å². The van der Waals surface area contributed by atoms with Crippen molar-refractivity contribution in [3.63, 3.8) is 0 Å². The Hall–Kier alpha value is -2.37. The maximum absolute atomic E-state index is 12.0. The van der Waals surface area contributed by atoms with Gasteiger partial charge in [-0.1, -0.05) is 0 Å². The van der Waals surface area contributed by atoms with Gasteiger partial charge in [0, 0.05) is 25.2 Å². The monoisotopic (exact) mass is 247 g/mol. The normalized spacial score (nSPS) is 10.3. The quantitative estimate of drug-likeness (QED) is 0.875. The first-order valence-electron chi connectivity index (χ1n) is 5.42. The highest BCUT2D eigenvalue weighted by atomic mass is 16.3. The minimum absolute atomic E-state index is 0.207. The van der Waals surface area contributed by atoms with E-state index in [-0.39, 0.29) is 17.2 Å². The highest BCUT2D eigenvalue weighted by molar-refractivity contribution is 5.91. The molecule has 1 N–H and O–H groups in total. The van der Waals surface area contributed by atoms with Crippen LogP contribution < -0.4 is 5.56 Å². The lowest BCUT2D eigenvalue weighted by Gasteiger charge is -2.15. The summed E-state index contributed by atoms with van der Waals surface area (Å²) in [7, 11) is 1.67. The smallest absolute Gasteiger partial charge is 0.274 e. The Kier molecular flexibility index (Phi) is 3.27. The van der Waals surface area contributed by atoms with Crippen LogP contribution in [0.25, 0.3) is 0 Å². The lowest BCUT2D eigenvalue weighted by Crippen LogP contribution is -2.28. The molecule has 2 heterocycles. The van der Waals surface area contributed by atoms with E-state index in [1.807, 2.05) is 13.0 Å². The van der Waals surface area contributed by atoms with Crippen LogP contribution in [0, 0.1) is 6.92 Å². The van der Waals surface area contributed by atoms with Gasteiger partial charge in [0.1, 0.15) is 11.5 Å². The Morgan fingerprint density at radius 1 is 1.44 bits per heavy atom. The van der Waals surface area contributed by atoms with Crippen molar-refractivity contribution in [2.45, 2.75) is 13.5 Å². The number of aryl methyl sites for hydroxylation is 1. The van der Waals surface area contributed by atoms with Gasteiger partial charge in [-0.25, -0.2) is 5.10 Å². The van der Waals surface area contributed by atoms with Crippen molar-refractivity contribution in [1.29, 1.82) is 0 Å². The van der Waals surface area contributed by atoms with Crippen molar-refractivity contribution >= 4 is 5.91 Å². The maximum Gasteiger partial charge on any atom is 0.274 e. The predicted octanol–water partition coefficient (Wildman–Crippen LogP) is 0.944. The van der Waals surface area contributed by atoms with Crippen molar-refractivity contribution in [3.8, 4) is 0 Å². The van der Waals surface area contributed by atoms with Crippen LogP contribution in [0.5, 0.6) is 0 Å². The van der Waals surface area contributed by atoms with E-state index in [1.165, 1.54) is 17.0 Å². The maximum atomic E-state index is 12.0. The molecule has 18 heavy (non-hydrogen) atoms. The third kappa shape index (κ3) is 2.48. The number of nitrogens with one attached hydrogen (secondary N) is 1. The van der Waals surface area contributed by atoms with E-state index in [1.54, 1.807) is 13.3 Å². The van der Waals surface area contributed by atoms with Gasteiger partial charge >= 0.3 is 0 Å². The number of hydrogen-bond donors (Lipinski definition) is 1. The predicted molar refractivity (Wildman–Crippen MR) is 64.1 cm³/mol. The van der Waals surface area contributed by atoms with Crippen LogP contribution in [-0.2, 0) is 6.54 Å². The largest absolute Gasteiger partial charge is 0.469 e. The van der Waals surface area contributed by atoms with Crippen molar-refractivity contribution in [1.82, 2.24) is 15.1 Å². The third-order valence-electron chi connectivity index (χ3n) is 2.62. The first-order valence-corrected chi connectivity index (χ1v) is 5.42. The van der Waals surface area contributed by atoms with Gasteiger partial charge in [0.05, 0.1) is 6.26 Å². The Morgan fingerprint density at radius 2 is 2.22 bits per heavy atom. The number of H-pyrrole nitrogens is 1. The van der Waals surface area contributed by atoms with Gasteiger partial charge < -0.3 is 9.32 Å². The Balaban J connectivity index is 2.12. The zero-order valence-corrected chi connectivity index (χ0v) is 10.1. The molecule has 0 bridgehead atoms. The molecular weight excluding hydrogens is 234 g/mol. The van der Waals surface area contributed by atoms with E-state index in [2.05, 4.69) is 10.2 Å². The van der Waals surface area contributed by atoms with Gasteiger partial charge in [0.15, 0.2) is 0 Å². The summed E-state index contributed by atoms with van der Waals surface area (Å²) in [5.41, 5.74) is 0.813. The van der Waals surface area contributed by atoms with Crippen LogP contribution in [0.4, 0.5) is 0 Å². The number of nitrogens with zero attached hydrogens (tertiary/aromatic N) is 2. The second kappa shape index (κ2) is 4.87. The molecule has 0 radical (unpaired) electrons. The van der Waals surface area contributed by atoms with Crippen LogP contribution >= 0.6 is 0 Å². The number of carbonyl (C=O) groups is 1. The van der Waals surface area contributed by atoms with E-state index in [0.717, 1.165) is 11.3 Å². The molecular formula is C12H13N3O3. The average molecular weight is 247 g/mol. The first-order chi connectivity index (χ1) is 8.58. The van der Waals surface area contributed by atoms with Gasteiger partial charge in [-0.05, 0) is 19.1 Å². The fraction of sp³-hybridized carbons (Fsp3) is 0.250. The highest BCUT2D eigenvalue weighted by Crippen LogP contribution is 2.12. The van der Waals surface area contributed by atoms with Crippen molar-refractivity contribution in [2.24, 2.45) is 0 Å². The van der Waals surface area contributed by atoms with Crippen molar-refractivity contribution in [3.05, 3.63) is 51.8 Å². The standard InChI is InChI=1S/C12H13N3O3/c1-8-9(5-6-18-8)7-15(2)12(17)10-3-4-11(16)14-13-10/h3-6H,7H2,1-2H3,(H,14,16). The number of hydrogen-bond acceptors (Lipinski definition) is 4. The molecule has 0 spiro atoms. The van der Waals surface area contributed by atoms with Crippen LogP contribution in [0.2, 0.25) is 0 Å². The van der Waals surface area contributed by atoms with E-state index < -0.39 is 0 Å². The Bertz CT molecular complexity index is 595. The number of carbonyl (C=O) groups excluding carboxylic acids is 1. The molecule has 6 nitrogen and oxygen atoms in total. The minimum atomic E-state index is -0.333. The summed E-state index contributed by atoms with van der Waals surface area (Å²) in [5.74, 6) is 0.524. The molecule has 0 fully saturated rings. The number of aromatic nitrogens is 2. The topological polar surface area (TPSA) is 79.2 Å². The number of rotatable bonds is 3. The lowest BCUT2D eigenvalue weighted by molar-refractivity contribution is 0.0777. The van der Waals surface area contributed by atoms with Gasteiger partial charge in [0.2, 0.25) is 0 Å². The van der Waals surface area contributed by atoms with Gasteiger partial charge in [-0.15, -0.1) is 0 Å². The zero-order valence-electron chi connectivity index (χ0n) is 10.1. The van der Waals surface area contributed by atoms with Crippen LogP contribution in [0.15, 0.2) is 33.7 Å². The van der Waals surface area contributed by atoms with E-state index in [4.69, 9.17) is 4.42 Å². The molecule has 0 aromatic carbocycles. The molecule has 2 aromatic heterocycles. The Morgan fingerprint density at radius 3 is 2.78 bits per heavy atom. The zero-order chi connectivity index (χ0) is 13.1. The van der Waals surface area contributed by atoms with Crippen molar-refractivity contribution < 1.29 is 9.21 Å². The molecule has 1 amide bonds. The molecule has 0 unspecified atom stereocenters. The van der Waals surface area contributed by atoms with E-state index >= 15 is 0 Å². The number of furan rings is 1. The molecule has 0 aliphatic heterocycles. The molecule has 94 valence electrons. The van der Waals surface area contributed by atoms with Gasteiger partial charge in [-0.3, -0.25) is 9.59 Å². The second-order valence-electron chi connectivity index (χ2n) is 3.97. The van der Waals surface area contributed by atoms with Gasteiger partial charge in [-0.2, -0.15) is 5.10 Å². The minimum Gasteiger partial charge on any atom is -0.469 e. The third-order valence-corrected chi connectivity index (χ3v) is 2.62. The molecule has 0 aliphatic carbocycles. The second-order valence-corrected chi connectivity index (χ2v) is 3.97. The fourth-order valence-corrected chi connectivity index (χ4v) is 1.56. The Labute approximate surface area is 103 Å². The van der Waals surface area contributed by atoms with Crippen molar-refractivity contribution in [2.75, 3.05) is 7.05 Å². The number of amides is 1. The molecule has 0 aliphatic rings. The lowest BCUT2D eigenvalue weighted by atomic mass is 10.2. The van der Waals surface area contributed by atoms with Gasteiger partial charge in [0.25, 0.3) is 11.5 Å². The molecule has 0 saturated carbocycles. The first kappa shape index (κ1) is 12.1. The molecule has 6 heteroatoms. The fourth-order valence-electron chi connectivity index (χ4n) is 1.56. The number of aromatic amines is 1. The summed E-state index contributed by atoms with van der Waals surface area (Å²) >= 11 is 0. The highest BCUT2D eigenvalue weighted by Gasteiger charge is 2.15. The van der Waals surface area contributed by atoms with Crippen LogP contribution in [0.3, 0.4) is 0 Å². The van der Waals surface area contributed by atoms with E-state index in [9.17, 15) is 9.59 Å². The summed E-state index contributed by atoms with van der Waals surface area (Å²) in [6, 6.07) is 4.50. The summed E-state index contributed by atoms with van der Waals surface area (Å²) in [4.78, 5) is 24.4.